The Morgan fingerprint density at radius 1 is 1.24 bits per heavy atom. The summed E-state index contributed by atoms with van der Waals surface area (Å²) >= 11 is 3.60. The molecule has 2 rings (SSSR count). The first-order chi connectivity index (χ1) is 10.1. The van der Waals surface area contributed by atoms with Crippen molar-refractivity contribution in [2.75, 3.05) is 13.7 Å². The summed E-state index contributed by atoms with van der Waals surface area (Å²) in [4.78, 5) is 0. The Morgan fingerprint density at radius 2 is 2.00 bits per heavy atom. The first-order valence-electron chi connectivity index (χ1n) is 6.89. The van der Waals surface area contributed by atoms with E-state index in [9.17, 15) is 4.39 Å². The molecule has 2 nitrogen and oxygen atoms in total. The third-order valence-corrected chi connectivity index (χ3v) is 4.07. The molecule has 4 heteroatoms. The van der Waals surface area contributed by atoms with Crippen LogP contribution in [0.1, 0.15) is 29.7 Å². The van der Waals surface area contributed by atoms with E-state index in [4.69, 9.17) is 4.74 Å². The normalized spacial score (nSPS) is 12.2. The molecule has 1 N–H and O–H groups in total. The fraction of sp³-hybridized carbons (Fsp3) is 0.294. The lowest BCUT2D eigenvalue weighted by molar-refractivity contribution is 0.385. The molecule has 0 spiro atoms. The Morgan fingerprint density at radius 3 is 2.57 bits per heavy atom. The van der Waals surface area contributed by atoms with Crippen LogP contribution in [0, 0.1) is 12.7 Å². The van der Waals surface area contributed by atoms with Crippen molar-refractivity contribution < 1.29 is 9.13 Å². The highest BCUT2D eigenvalue weighted by Crippen LogP contribution is 2.31. The molecule has 0 aliphatic heterocycles. The number of rotatable bonds is 5. The Balaban J connectivity index is 2.45. The fourth-order valence-electron chi connectivity index (χ4n) is 2.34. The zero-order valence-corrected chi connectivity index (χ0v) is 14.0. The van der Waals surface area contributed by atoms with Gasteiger partial charge < -0.3 is 10.1 Å². The van der Waals surface area contributed by atoms with Crippen molar-refractivity contribution in [3.63, 3.8) is 0 Å². The number of halogens is 2. The number of hydrogen-bond acceptors (Lipinski definition) is 2. The fourth-order valence-corrected chi connectivity index (χ4v) is 3.06. The number of aryl methyl sites for hydroxylation is 1. The molecular weight excluding hydrogens is 333 g/mol. The van der Waals surface area contributed by atoms with Gasteiger partial charge in [-0.2, -0.15) is 0 Å². The molecule has 1 atom stereocenters. The largest absolute Gasteiger partial charge is 0.494 e. The number of methoxy groups -OCH3 is 1. The second kappa shape index (κ2) is 7.05. The molecule has 21 heavy (non-hydrogen) atoms. The third-order valence-electron chi connectivity index (χ3n) is 3.38. The van der Waals surface area contributed by atoms with Gasteiger partial charge in [0.25, 0.3) is 0 Å². The van der Waals surface area contributed by atoms with Crippen molar-refractivity contribution in [2.24, 2.45) is 0 Å². The predicted molar refractivity (Wildman–Crippen MR) is 87.4 cm³/mol. The molecule has 0 bridgehead atoms. The average Bonchev–Trinajstić information content (AvgIpc) is 2.45. The van der Waals surface area contributed by atoms with Crippen molar-refractivity contribution in [1.29, 1.82) is 0 Å². The third kappa shape index (κ3) is 3.63. The van der Waals surface area contributed by atoms with E-state index in [2.05, 4.69) is 39.4 Å². The van der Waals surface area contributed by atoms with Gasteiger partial charge in [0.1, 0.15) is 0 Å². The minimum atomic E-state index is -0.346. The van der Waals surface area contributed by atoms with Crippen molar-refractivity contribution in [1.82, 2.24) is 5.32 Å². The van der Waals surface area contributed by atoms with Gasteiger partial charge in [-0.15, -0.1) is 0 Å². The number of ether oxygens (including phenoxy) is 1. The summed E-state index contributed by atoms with van der Waals surface area (Å²) in [6.07, 6.45) is 0. The Kier molecular flexibility index (Phi) is 5.37. The van der Waals surface area contributed by atoms with E-state index in [-0.39, 0.29) is 17.6 Å². The van der Waals surface area contributed by atoms with Gasteiger partial charge in [-0.25, -0.2) is 4.39 Å². The van der Waals surface area contributed by atoms with Gasteiger partial charge in [0, 0.05) is 4.47 Å². The molecule has 0 radical (unpaired) electrons. The van der Waals surface area contributed by atoms with Crippen molar-refractivity contribution in [3.8, 4) is 5.75 Å². The molecule has 112 valence electrons. The van der Waals surface area contributed by atoms with Crippen LogP contribution in [0.4, 0.5) is 4.39 Å². The lowest BCUT2D eigenvalue weighted by atomic mass is 9.97. The molecule has 0 aliphatic carbocycles. The first-order valence-corrected chi connectivity index (χ1v) is 7.69. The number of benzene rings is 2. The lowest BCUT2D eigenvalue weighted by Crippen LogP contribution is -2.22. The molecule has 0 aliphatic rings. The molecule has 0 saturated carbocycles. The van der Waals surface area contributed by atoms with E-state index in [1.54, 1.807) is 6.07 Å². The zero-order chi connectivity index (χ0) is 15.4. The summed E-state index contributed by atoms with van der Waals surface area (Å²) in [5.41, 5.74) is 3.15. The summed E-state index contributed by atoms with van der Waals surface area (Å²) in [6, 6.07) is 11.2. The molecule has 0 fully saturated rings. The molecule has 0 amide bonds. The van der Waals surface area contributed by atoms with Crippen LogP contribution in [0.5, 0.6) is 5.75 Å². The van der Waals surface area contributed by atoms with Gasteiger partial charge in [-0.3, -0.25) is 0 Å². The first kappa shape index (κ1) is 16.0. The molecular formula is C17H19BrFNO. The van der Waals surface area contributed by atoms with Crippen LogP contribution >= 0.6 is 15.9 Å². The maximum absolute atomic E-state index is 14.0. The molecule has 0 saturated heterocycles. The van der Waals surface area contributed by atoms with Gasteiger partial charge in [0.2, 0.25) is 0 Å². The maximum Gasteiger partial charge on any atom is 0.165 e. The zero-order valence-electron chi connectivity index (χ0n) is 12.4. The van der Waals surface area contributed by atoms with Crippen LogP contribution in [0.25, 0.3) is 0 Å². The van der Waals surface area contributed by atoms with Crippen LogP contribution in [0.15, 0.2) is 40.9 Å². The SMILES string of the molecule is CCNC(c1ccc(OC)c(F)c1)c1ccc(C)cc1Br. The summed E-state index contributed by atoms with van der Waals surface area (Å²) in [6.45, 7) is 4.87. The highest BCUT2D eigenvalue weighted by atomic mass is 79.9. The van der Waals surface area contributed by atoms with E-state index in [0.717, 1.165) is 22.1 Å². The average molecular weight is 352 g/mol. The Labute approximate surface area is 133 Å². The highest BCUT2D eigenvalue weighted by Gasteiger charge is 2.17. The lowest BCUT2D eigenvalue weighted by Gasteiger charge is -2.21. The van der Waals surface area contributed by atoms with Crippen LogP contribution in [-0.2, 0) is 0 Å². The standard InChI is InChI=1S/C17H19BrFNO/c1-4-20-17(13-7-5-11(2)9-14(13)18)12-6-8-16(21-3)15(19)10-12/h5-10,17,20H,4H2,1-3H3. The van der Waals surface area contributed by atoms with E-state index < -0.39 is 0 Å². The van der Waals surface area contributed by atoms with Gasteiger partial charge in [-0.1, -0.05) is 41.1 Å². The molecule has 2 aromatic rings. The smallest absolute Gasteiger partial charge is 0.165 e. The highest BCUT2D eigenvalue weighted by molar-refractivity contribution is 9.10. The van der Waals surface area contributed by atoms with Crippen molar-refractivity contribution in [2.45, 2.75) is 19.9 Å². The van der Waals surface area contributed by atoms with Crippen LogP contribution in [0.3, 0.4) is 0 Å². The molecule has 0 heterocycles. The number of nitrogens with one attached hydrogen (secondary N) is 1. The van der Waals surface area contributed by atoms with Gasteiger partial charge in [0.05, 0.1) is 13.2 Å². The Hall–Kier alpha value is -1.39. The van der Waals surface area contributed by atoms with Gasteiger partial charge >= 0.3 is 0 Å². The van der Waals surface area contributed by atoms with Crippen LogP contribution in [0.2, 0.25) is 0 Å². The van der Waals surface area contributed by atoms with Gasteiger partial charge in [-0.05, 0) is 48.4 Å². The second-order valence-corrected chi connectivity index (χ2v) is 5.76. The van der Waals surface area contributed by atoms with E-state index in [1.165, 1.54) is 18.7 Å². The second-order valence-electron chi connectivity index (χ2n) is 4.91. The van der Waals surface area contributed by atoms with Crippen LogP contribution in [-0.4, -0.2) is 13.7 Å². The molecule has 1 unspecified atom stereocenters. The summed E-state index contributed by atoms with van der Waals surface area (Å²) in [5, 5.41) is 3.40. The topological polar surface area (TPSA) is 21.3 Å². The van der Waals surface area contributed by atoms with E-state index in [1.807, 2.05) is 19.9 Å². The summed E-state index contributed by atoms with van der Waals surface area (Å²) in [5.74, 6) is -0.0851. The minimum absolute atomic E-state index is 0.0645. The summed E-state index contributed by atoms with van der Waals surface area (Å²) in [7, 11) is 1.47. The Bertz CT molecular complexity index is 630. The quantitative estimate of drug-likeness (QED) is 0.849. The maximum atomic E-state index is 14.0. The monoisotopic (exact) mass is 351 g/mol. The molecule has 0 aromatic heterocycles. The van der Waals surface area contributed by atoms with Gasteiger partial charge in [0.15, 0.2) is 11.6 Å². The summed E-state index contributed by atoms with van der Waals surface area (Å²) < 4.78 is 20.0. The van der Waals surface area contributed by atoms with Crippen molar-refractivity contribution in [3.05, 3.63) is 63.4 Å². The predicted octanol–water partition coefficient (Wildman–Crippen LogP) is 4.60. The van der Waals surface area contributed by atoms with Crippen molar-refractivity contribution >= 4 is 15.9 Å². The number of hydrogen-bond donors (Lipinski definition) is 1. The van der Waals surface area contributed by atoms with Crippen LogP contribution < -0.4 is 10.1 Å². The molecule has 2 aromatic carbocycles. The minimum Gasteiger partial charge on any atom is -0.494 e. The van der Waals surface area contributed by atoms with E-state index >= 15 is 0 Å². The van der Waals surface area contributed by atoms with E-state index in [0.29, 0.717) is 0 Å².